The van der Waals surface area contributed by atoms with Crippen molar-refractivity contribution in [3.8, 4) is 0 Å². The van der Waals surface area contributed by atoms with E-state index in [1.54, 1.807) is 6.07 Å². The van der Waals surface area contributed by atoms with Crippen LogP contribution in [0.5, 0.6) is 0 Å². The highest BCUT2D eigenvalue weighted by Crippen LogP contribution is 2.26. The molecule has 0 unspecified atom stereocenters. The summed E-state index contributed by atoms with van der Waals surface area (Å²) in [5.74, 6) is 0. The van der Waals surface area contributed by atoms with Crippen LogP contribution in [0.25, 0.3) is 0 Å². The van der Waals surface area contributed by atoms with Gasteiger partial charge in [-0.2, -0.15) is 0 Å². The number of rotatable bonds is 2. The molecule has 0 aliphatic carbocycles. The van der Waals surface area contributed by atoms with Gasteiger partial charge in [-0.15, -0.1) is 4.91 Å². The van der Waals surface area contributed by atoms with E-state index in [4.69, 9.17) is 17.3 Å². The third kappa shape index (κ3) is 2.64. The summed E-state index contributed by atoms with van der Waals surface area (Å²) in [5, 5.41) is 5.89. The zero-order valence-corrected chi connectivity index (χ0v) is 8.02. The van der Waals surface area contributed by atoms with Crippen LogP contribution in [0.1, 0.15) is 0 Å². The van der Waals surface area contributed by atoms with Crippen LogP contribution in [-0.4, -0.2) is 5.11 Å². The first kappa shape index (κ1) is 9.88. The van der Waals surface area contributed by atoms with Crippen molar-refractivity contribution in [3.05, 3.63) is 28.1 Å². The van der Waals surface area contributed by atoms with Crippen molar-refractivity contribution in [2.45, 2.75) is 0 Å². The molecule has 0 bridgehead atoms. The Hall–Kier alpha value is -1.20. The molecule has 0 fully saturated rings. The molecule has 1 aromatic carbocycles. The predicted octanol–water partition coefficient (Wildman–Crippen LogP) is 2.39. The van der Waals surface area contributed by atoms with E-state index in [-0.39, 0.29) is 10.8 Å². The van der Waals surface area contributed by atoms with Gasteiger partial charge in [-0.05, 0) is 35.6 Å². The van der Waals surface area contributed by atoms with E-state index in [1.165, 1.54) is 12.1 Å². The molecule has 0 spiro atoms. The van der Waals surface area contributed by atoms with Gasteiger partial charge in [-0.3, -0.25) is 0 Å². The maximum Gasteiger partial charge on any atom is 0.168 e. The molecule has 0 saturated heterocycles. The fraction of sp³-hybridized carbons (Fsp3) is 0. The first-order chi connectivity index (χ1) is 6.13. The molecule has 0 aliphatic heterocycles. The summed E-state index contributed by atoms with van der Waals surface area (Å²) >= 11 is 10.4. The summed E-state index contributed by atoms with van der Waals surface area (Å²) in [6.07, 6.45) is 0. The van der Waals surface area contributed by atoms with Gasteiger partial charge in [-0.1, -0.05) is 11.6 Å². The highest BCUT2D eigenvalue weighted by molar-refractivity contribution is 7.80. The molecule has 0 atom stereocenters. The van der Waals surface area contributed by atoms with Gasteiger partial charge >= 0.3 is 0 Å². The van der Waals surface area contributed by atoms with Gasteiger partial charge in [0.1, 0.15) is 5.69 Å². The van der Waals surface area contributed by atoms with Crippen LogP contribution in [0.15, 0.2) is 23.4 Å². The predicted molar refractivity (Wildman–Crippen MR) is 57.3 cm³/mol. The van der Waals surface area contributed by atoms with Crippen LogP contribution in [0.2, 0.25) is 5.02 Å². The van der Waals surface area contributed by atoms with Crippen LogP contribution in [0.3, 0.4) is 0 Å². The van der Waals surface area contributed by atoms with Gasteiger partial charge in [0.25, 0.3) is 0 Å². The number of hydrogen-bond acceptors (Lipinski definition) is 3. The summed E-state index contributed by atoms with van der Waals surface area (Å²) in [5.41, 5.74) is 5.98. The molecule has 0 radical (unpaired) electrons. The number of nitrogens with zero attached hydrogens (tertiary/aromatic N) is 1. The first-order valence-corrected chi connectivity index (χ1v) is 4.11. The van der Waals surface area contributed by atoms with E-state index in [0.717, 1.165) is 0 Å². The fourth-order valence-electron chi connectivity index (χ4n) is 0.799. The van der Waals surface area contributed by atoms with E-state index >= 15 is 0 Å². The second-order valence-electron chi connectivity index (χ2n) is 2.24. The Kier molecular flexibility index (Phi) is 3.16. The standard InChI is InChI=1S/C7H6ClN3OS/c8-5-2-1-4(11-12)3-6(5)10-7(9)13/h1-3H,(H3,9,10,13). The first-order valence-electron chi connectivity index (χ1n) is 3.33. The van der Waals surface area contributed by atoms with Crippen LogP contribution in [0.4, 0.5) is 11.4 Å². The van der Waals surface area contributed by atoms with Crippen LogP contribution in [0, 0.1) is 4.91 Å². The Bertz CT molecular complexity index is 356. The van der Waals surface area contributed by atoms with E-state index in [0.29, 0.717) is 10.7 Å². The Morgan fingerprint density at radius 1 is 1.62 bits per heavy atom. The van der Waals surface area contributed by atoms with Crippen molar-refractivity contribution in [3.63, 3.8) is 0 Å². The molecule has 6 heteroatoms. The molecule has 0 heterocycles. The summed E-state index contributed by atoms with van der Waals surface area (Å²) in [6, 6.07) is 4.51. The minimum absolute atomic E-state index is 0.0879. The summed E-state index contributed by atoms with van der Waals surface area (Å²) in [4.78, 5) is 10.2. The number of thiocarbonyl (C=S) groups is 1. The SMILES string of the molecule is NC(=S)Nc1cc(N=O)ccc1Cl. The van der Waals surface area contributed by atoms with Crippen molar-refractivity contribution in [2.24, 2.45) is 10.9 Å². The molecule has 1 aromatic rings. The minimum Gasteiger partial charge on any atom is -0.376 e. The number of hydrogen-bond donors (Lipinski definition) is 2. The van der Waals surface area contributed by atoms with E-state index in [2.05, 4.69) is 22.7 Å². The number of nitrogens with one attached hydrogen (secondary N) is 1. The largest absolute Gasteiger partial charge is 0.376 e. The normalized spacial score (nSPS) is 9.31. The molecule has 68 valence electrons. The number of benzene rings is 1. The molecule has 3 N–H and O–H groups in total. The number of nitroso groups, excluding NO2 is 1. The van der Waals surface area contributed by atoms with Gasteiger partial charge in [0.2, 0.25) is 0 Å². The third-order valence-corrected chi connectivity index (χ3v) is 1.74. The van der Waals surface area contributed by atoms with Gasteiger partial charge in [-0.25, -0.2) is 0 Å². The van der Waals surface area contributed by atoms with Gasteiger partial charge in [0.15, 0.2) is 5.11 Å². The molecule has 0 saturated carbocycles. The molecular formula is C7H6ClN3OS. The Balaban J connectivity index is 3.03. The lowest BCUT2D eigenvalue weighted by atomic mass is 10.3. The number of halogens is 1. The molecule has 0 aromatic heterocycles. The molecule has 1 rings (SSSR count). The molecule has 4 nitrogen and oxygen atoms in total. The van der Waals surface area contributed by atoms with Crippen molar-refractivity contribution in [1.82, 2.24) is 0 Å². The zero-order chi connectivity index (χ0) is 9.84. The lowest BCUT2D eigenvalue weighted by Gasteiger charge is -2.05. The van der Waals surface area contributed by atoms with Crippen LogP contribution in [-0.2, 0) is 0 Å². The molecule has 0 aliphatic rings. The Labute approximate surface area is 85.0 Å². The lowest BCUT2D eigenvalue weighted by molar-refractivity contribution is 1.49. The molecule has 13 heavy (non-hydrogen) atoms. The smallest absolute Gasteiger partial charge is 0.168 e. The minimum atomic E-state index is 0.0879. The fourth-order valence-corrected chi connectivity index (χ4v) is 1.07. The van der Waals surface area contributed by atoms with E-state index in [9.17, 15) is 4.91 Å². The van der Waals surface area contributed by atoms with E-state index in [1.807, 2.05) is 0 Å². The lowest BCUT2D eigenvalue weighted by Crippen LogP contribution is -2.18. The Morgan fingerprint density at radius 2 is 2.31 bits per heavy atom. The summed E-state index contributed by atoms with van der Waals surface area (Å²) in [6.45, 7) is 0. The maximum atomic E-state index is 10.2. The molecular weight excluding hydrogens is 210 g/mol. The van der Waals surface area contributed by atoms with Crippen molar-refractivity contribution >= 4 is 40.3 Å². The second-order valence-corrected chi connectivity index (χ2v) is 3.09. The Morgan fingerprint density at radius 3 is 2.85 bits per heavy atom. The average molecular weight is 216 g/mol. The van der Waals surface area contributed by atoms with Crippen molar-refractivity contribution in [2.75, 3.05) is 5.32 Å². The highest BCUT2D eigenvalue weighted by atomic mass is 35.5. The van der Waals surface area contributed by atoms with Crippen LogP contribution < -0.4 is 11.1 Å². The van der Waals surface area contributed by atoms with Gasteiger partial charge in [0.05, 0.1) is 10.7 Å². The zero-order valence-electron chi connectivity index (χ0n) is 6.45. The number of anilines is 1. The summed E-state index contributed by atoms with van der Waals surface area (Å²) in [7, 11) is 0. The third-order valence-electron chi connectivity index (χ3n) is 1.31. The average Bonchev–Trinajstić information content (AvgIpc) is 2.08. The second kappa shape index (κ2) is 4.15. The van der Waals surface area contributed by atoms with Crippen molar-refractivity contribution in [1.29, 1.82) is 0 Å². The topological polar surface area (TPSA) is 67.5 Å². The van der Waals surface area contributed by atoms with Gasteiger partial charge < -0.3 is 11.1 Å². The molecule has 0 amide bonds. The number of nitrogens with two attached hydrogens (primary N) is 1. The highest BCUT2D eigenvalue weighted by Gasteiger charge is 2.02. The van der Waals surface area contributed by atoms with Crippen LogP contribution >= 0.6 is 23.8 Å². The van der Waals surface area contributed by atoms with Gasteiger partial charge in [0, 0.05) is 0 Å². The quantitative estimate of drug-likeness (QED) is 0.587. The summed E-state index contributed by atoms with van der Waals surface area (Å²) < 4.78 is 0. The van der Waals surface area contributed by atoms with Crippen molar-refractivity contribution < 1.29 is 0 Å². The van der Waals surface area contributed by atoms with E-state index < -0.39 is 0 Å². The monoisotopic (exact) mass is 215 g/mol. The maximum absolute atomic E-state index is 10.2.